The summed E-state index contributed by atoms with van der Waals surface area (Å²) < 4.78 is 1.69. The zero-order chi connectivity index (χ0) is 11.6. The van der Waals surface area contributed by atoms with E-state index in [0.29, 0.717) is 5.69 Å². The van der Waals surface area contributed by atoms with E-state index in [2.05, 4.69) is 10.3 Å². The molecule has 0 spiro atoms. The topological polar surface area (TPSA) is 66.0 Å². The molecule has 0 aliphatic heterocycles. The van der Waals surface area contributed by atoms with E-state index in [1.54, 1.807) is 4.68 Å². The van der Waals surface area contributed by atoms with Gasteiger partial charge in [-0.25, -0.2) is 10.6 Å². The lowest BCUT2D eigenvalue weighted by molar-refractivity contribution is -0.0268. The summed E-state index contributed by atoms with van der Waals surface area (Å²) in [5, 5.41) is 8.07. The average molecular weight is 218 g/mol. The van der Waals surface area contributed by atoms with Crippen molar-refractivity contribution in [3.05, 3.63) is 42.2 Å². The van der Waals surface area contributed by atoms with Crippen LogP contribution in [0.2, 0.25) is 0 Å². The third-order valence-corrected chi connectivity index (χ3v) is 2.43. The molecule has 5 nitrogen and oxygen atoms in total. The van der Waals surface area contributed by atoms with E-state index in [0.717, 1.165) is 5.69 Å². The van der Waals surface area contributed by atoms with E-state index in [4.69, 9.17) is 10.7 Å². The molecule has 0 aliphatic rings. The normalized spacial score (nSPS) is 11.7. The van der Waals surface area contributed by atoms with Gasteiger partial charge in [0.1, 0.15) is 11.3 Å². The van der Waals surface area contributed by atoms with Gasteiger partial charge in [-0.1, -0.05) is 23.4 Å². The van der Waals surface area contributed by atoms with Crippen LogP contribution in [-0.2, 0) is 10.4 Å². The second kappa shape index (κ2) is 4.03. The number of benzene rings is 1. The van der Waals surface area contributed by atoms with Gasteiger partial charge in [0.15, 0.2) is 0 Å². The van der Waals surface area contributed by atoms with Gasteiger partial charge in [0.2, 0.25) is 0 Å². The van der Waals surface area contributed by atoms with Gasteiger partial charge < -0.3 is 0 Å². The van der Waals surface area contributed by atoms with Gasteiger partial charge >= 0.3 is 0 Å². The third kappa shape index (κ3) is 1.95. The minimum Gasteiger partial charge on any atom is -0.292 e. The van der Waals surface area contributed by atoms with Crippen LogP contribution < -0.4 is 5.90 Å². The van der Waals surface area contributed by atoms with Crippen LogP contribution in [0.5, 0.6) is 0 Å². The van der Waals surface area contributed by atoms with Crippen molar-refractivity contribution >= 4 is 0 Å². The Morgan fingerprint density at radius 3 is 2.56 bits per heavy atom. The second-order valence-corrected chi connectivity index (χ2v) is 4.01. The van der Waals surface area contributed by atoms with Crippen LogP contribution >= 0.6 is 0 Å². The van der Waals surface area contributed by atoms with Gasteiger partial charge in [-0.2, -0.15) is 0 Å². The number of aromatic nitrogens is 3. The van der Waals surface area contributed by atoms with Crippen LogP contribution in [0.1, 0.15) is 19.5 Å². The van der Waals surface area contributed by atoms with Gasteiger partial charge in [0.05, 0.1) is 11.9 Å². The van der Waals surface area contributed by atoms with Gasteiger partial charge in [-0.05, 0) is 26.0 Å². The van der Waals surface area contributed by atoms with Crippen LogP contribution in [0.4, 0.5) is 0 Å². The van der Waals surface area contributed by atoms with Crippen LogP contribution in [0, 0.1) is 0 Å². The fraction of sp³-hybridized carbons (Fsp3) is 0.273. The van der Waals surface area contributed by atoms with Crippen molar-refractivity contribution in [3.63, 3.8) is 0 Å². The summed E-state index contributed by atoms with van der Waals surface area (Å²) in [4.78, 5) is 4.86. The first-order valence-electron chi connectivity index (χ1n) is 4.99. The summed E-state index contributed by atoms with van der Waals surface area (Å²) in [5.41, 5.74) is 1.01. The molecule has 0 unspecified atom stereocenters. The molecule has 0 amide bonds. The highest BCUT2D eigenvalue weighted by Gasteiger charge is 2.24. The van der Waals surface area contributed by atoms with Gasteiger partial charge in [0, 0.05) is 0 Å². The van der Waals surface area contributed by atoms with E-state index < -0.39 is 5.60 Å². The molecule has 5 heteroatoms. The van der Waals surface area contributed by atoms with Crippen LogP contribution in [0.3, 0.4) is 0 Å². The number of hydrogen-bond donors (Lipinski definition) is 1. The molecule has 1 heterocycles. The maximum Gasteiger partial charge on any atom is 0.129 e. The fourth-order valence-corrected chi connectivity index (χ4v) is 1.31. The zero-order valence-electron chi connectivity index (χ0n) is 9.29. The Morgan fingerprint density at radius 2 is 1.94 bits per heavy atom. The number of para-hydroxylation sites is 1. The highest BCUT2D eigenvalue weighted by molar-refractivity contribution is 5.30. The Labute approximate surface area is 93.8 Å². The van der Waals surface area contributed by atoms with Crippen LogP contribution in [0.25, 0.3) is 5.69 Å². The fourth-order valence-electron chi connectivity index (χ4n) is 1.31. The molecule has 84 valence electrons. The maximum absolute atomic E-state index is 5.21. The Balaban J connectivity index is 2.34. The molecular formula is C11H14N4O. The molecular weight excluding hydrogens is 204 g/mol. The minimum atomic E-state index is -0.632. The summed E-state index contributed by atoms with van der Waals surface area (Å²) in [5.74, 6) is 5.21. The van der Waals surface area contributed by atoms with Gasteiger partial charge in [0.25, 0.3) is 0 Å². The summed E-state index contributed by atoms with van der Waals surface area (Å²) in [6.45, 7) is 3.68. The standard InChI is InChI=1S/C11H14N4O/c1-11(2,16-12)10-8-15(14-13-10)9-6-4-3-5-7-9/h3-8H,12H2,1-2H3. The molecule has 0 bridgehead atoms. The molecule has 0 aliphatic carbocycles. The van der Waals surface area contributed by atoms with Crippen molar-refractivity contribution in [1.82, 2.24) is 15.0 Å². The predicted molar refractivity (Wildman–Crippen MR) is 59.7 cm³/mol. The van der Waals surface area contributed by atoms with E-state index in [1.165, 1.54) is 0 Å². The molecule has 0 fully saturated rings. The van der Waals surface area contributed by atoms with Gasteiger partial charge in [-0.3, -0.25) is 4.84 Å². The lowest BCUT2D eigenvalue weighted by Crippen LogP contribution is -2.25. The van der Waals surface area contributed by atoms with Crippen molar-refractivity contribution in [2.45, 2.75) is 19.4 Å². The Kier molecular flexibility index (Phi) is 2.72. The summed E-state index contributed by atoms with van der Waals surface area (Å²) in [7, 11) is 0. The average Bonchev–Trinajstić information content (AvgIpc) is 2.80. The van der Waals surface area contributed by atoms with E-state index in [9.17, 15) is 0 Å². The number of hydrogen-bond acceptors (Lipinski definition) is 4. The highest BCUT2D eigenvalue weighted by Crippen LogP contribution is 2.20. The van der Waals surface area contributed by atoms with Crippen molar-refractivity contribution in [3.8, 4) is 5.69 Å². The van der Waals surface area contributed by atoms with Crippen molar-refractivity contribution in [2.75, 3.05) is 0 Å². The van der Waals surface area contributed by atoms with E-state index in [-0.39, 0.29) is 0 Å². The molecule has 0 atom stereocenters. The molecule has 2 N–H and O–H groups in total. The van der Waals surface area contributed by atoms with Crippen molar-refractivity contribution < 1.29 is 4.84 Å². The first kappa shape index (κ1) is 10.8. The minimum absolute atomic E-state index is 0.632. The Hall–Kier alpha value is -1.72. The quantitative estimate of drug-likeness (QED) is 0.791. The molecule has 16 heavy (non-hydrogen) atoms. The number of nitrogens with two attached hydrogens (primary N) is 1. The lowest BCUT2D eigenvalue weighted by atomic mass is 10.1. The molecule has 0 saturated heterocycles. The van der Waals surface area contributed by atoms with Crippen LogP contribution in [-0.4, -0.2) is 15.0 Å². The predicted octanol–water partition coefficient (Wildman–Crippen LogP) is 1.39. The number of nitrogens with zero attached hydrogens (tertiary/aromatic N) is 3. The summed E-state index contributed by atoms with van der Waals surface area (Å²) in [6.07, 6.45) is 1.81. The zero-order valence-corrected chi connectivity index (χ0v) is 9.29. The molecule has 1 aromatic carbocycles. The van der Waals surface area contributed by atoms with E-state index >= 15 is 0 Å². The first-order valence-corrected chi connectivity index (χ1v) is 4.99. The smallest absolute Gasteiger partial charge is 0.129 e. The molecule has 0 radical (unpaired) electrons. The maximum atomic E-state index is 5.21. The molecule has 2 rings (SSSR count). The third-order valence-electron chi connectivity index (χ3n) is 2.43. The first-order chi connectivity index (χ1) is 7.63. The second-order valence-electron chi connectivity index (χ2n) is 4.01. The SMILES string of the molecule is CC(C)(ON)c1cn(-c2ccccc2)nn1. The van der Waals surface area contributed by atoms with E-state index in [1.807, 2.05) is 50.4 Å². The Bertz CT molecular complexity index is 464. The van der Waals surface area contributed by atoms with Gasteiger partial charge in [-0.15, -0.1) is 5.10 Å². The summed E-state index contributed by atoms with van der Waals surface area (Å²) >= 11 is 0. The summed E-state index contributed by atoms with van der Waals surface area (Å²) in [6, 6.07) is 9.75. The van der Waals surface area contributed by atoms with Crippen molar-refractivity contribution in [2.24, 2.45) is 5.90 Å². The lowest BCUT2D eigenvalue weighted by Gasteiger charge is -2.17. The molecule has 1 aromatic heterocycles. The molecule has 0 saturated carbocycles. The monoisotopic (exact) mass is 218 g/mol. The number of rotatable bonds is 3. The largest absolute Gasteiger partial charge is 0.292 e. The highest BCUT2D eigenvalue weighted by atomic mass is 16.6. The van der Waals surface area contributed by atoms with Crippen molar-refractivity contribution in [1.29, 1.82) is 0 Å². The Morgan fingerprint density at radius 1 is 1.25 bits per heavy atom. The van der Waals surface area contributed by atoms with Crippen LogP contribution in [0.15, 0.2) is 36.5 Å². The molecule has 2 aromatic rings.